The van der Waals surface area contributed by atoms with Crippen LogP contribution in [0, 0.1) is 5.82 Å². The van der Waals surface area contributed by atoms with Crippen molar-refractivity contribution in [1.82, 2.24) is 10.2 Å². The van der Waals surface area contributed by atoms with Gasteiger partial charge in [-0.2, -0.15) is 0 Å². The average Bonchev–Trinajstić information content (AvgIpc) is 3.15. The van der Waals surface area contributed by atoms with Gasteiger partial charge in [-0.15, -0.1) is 0 Å². The van der Waals surface area contributed by atoms with E-state index in [1.807, 2.05) is 12.1 Å². The van der Waals surface area contributed by atoms with E-state index >= 15 is 0 Å². The van der Waals surface area contributed by atoms with Crippen LogP contribution in [0.4, 0.5) is 14.9 Å². The second-order valence-corrected chi connectivity index (χ2v) is 8.07. The highest BCUT2D eigenvalue weighted by atomic mass is 19.1. The summed E-state index contributed by atoms with van der Waals surface area (Å²) in [5, 5.41) is 2.68. The fraction of sp³-hybridized carbons (Fsp3) is 0.435. The van der Waals surface area contributed by atoms with Crippen molar-refractivity contribution >= 4 is 11.7 Å². The van der Waals surface area contributed by atoms with Crippen molar-refractivity contribution in [3.63, 3.8) is 0 Å². The first-order chi connectivity index (χ1) is 14.1. The van der Waals surface area contributed by atoms with Crippen molar-refractivity contribution in [2.45, 2.75) is 38.3 Å². The smallest absolute Gasteiger partial charge is 0.312 e. The van der Waals surface area contributed by atoms with E-state index in [0.717, 1.165) is 57.4 Å². The van der Waals surface area contributed by atoms with Gasteiger partial charge in [0.1, 0.15) is 5.82 Å². The molecule has 2 aliphatic heterocycles. The number of urea groups is 1. The normalized spacial score (nSPS) is 17.3. The number of halogens is 1. The molecule has 2 aliphatic rings. The van der Waals surface area contributed by atoms with Gasteiger partial charge in [-0.1, -0.05) is 24.3 Å². The lowest BCUT2D eigenvalue weighted by Gasteiger charge is -2.38. The van der Waals surface area contributed by atoms with Crippen molar-refractivity contribution in [3.05, 3.63) is 65.0 Å². The predicted molar refractivity (Wildman–Crippen MR) is 113 cm³/mol. The number of hydrogen-bond donors (Lipinski definition) is 2. The molecule has 0 bridgehead atoms. The Labute approximate surface area is 171 Å². The standard InChI is InChI=1S/C23H29FN4O/c24-20-5-2-17(3-6-20)7-11-27-12-9-21(10-13-27)28-14-8-19-4-1-18(15-22(19)28)16-26-23(25)29/h1-6,15,21H,7-14,16H2,(H3,25,26,29). The molecule has 1 saturated heterocycles. The Kier molecular flexibility index (Phi) is 6.00. The molecule has 0 saturated carbocycles. The molecule has 0 unspecified atom stereocenters. The van der Waals surface area contributed by atoms with Gasteiger partial charge in [0.25, 0.3) is 0 Å². The van der Waals surface area contributed by atoms with Crippen molar-refractivity contribution < 1.29 is 9.18 Å². The van der Waals surface area contributed by atoms with E-state index in [1.165, 1.54) is 16.8 Å². The summed E-state index contributed by atoms with van der Waals surface area (Å²) in [6.45, 7) is 4.76. The molecular formula is C23H29FN4O. The number of amides is 2. The Hall–Kier alpha value is -2.60. The Morgan fingerprint density at radius 2 is 1.79 bits per heavy atom. The SMILES string of the molecule is NC(=O)NCc1ccc2c(c1)N(C1CCN(CCc3ccc(F)cc3)CC1)CC2. The molecule has 2 aromatic rings. The van der Waals surface area contributed by atoms with Gasteiger partial charge in [0, 0.05) is 44.5 Å². The molecule has 0 radical (unpaired) electrons. The van der Waals surface area contributed by atoms with Gasteiger partial charge >= 0.3 is 6.03 Å². The highest BCUT2D eigenvalue weighted by Crippen LogP contribution is 2.33. The number of likely N-dealkylation sites (tertiary alicyclic amines) is 1. The number of nitrogens with two attached hydrogens (primary N) is 1. The van der Waals surface area contributed by atoms with Crippen LogP contribution in [0.15, 0.2) is 42.5 Å². The van der Waals surface area contributed by atoms with Gasteiger partial charge < -0.3 is 20.9 Å². The van der Waals surface area contributed by atoms with Crippen LogP contribution in [0.5, 0.6) is 0 Å². The zero-order valence-corrected chi connectivity index (χ0v) is 16.7. The number of piperidine rings is 1. The Balaban J connectivity index is 1.31. The second-order valence-electron chi connectivity index (χ2n) is 8.07. The third kappa shape index (κ3) is 4.88. The maximum absolute atomic E-state index is 13.0. The zero-order valence-electron chi connectivity index (χ0n) is 16.7. The molecule has 0 spiro atoms. The highest BCUT2D eigenvalue weighted by Gasteiger charge is 2.29. The van der Waals surface area contributed by atoms with Gasteiger partial charge in [-0.25, -0.2) is 9.18 Å². The van der Waals surface area contributed by atoms with Crippen LogP contribution in [0.25, 0.3) is 0 Å². The van der Waals surface area contributed by atoms with E-state index in [1.54, 1.807) is 12.1 Å². The molecule has 0 aromatic heterocycles. The van der Waals surface area contributed by atoms with Crippen LogP contribution in [0.2, 0.25) is 0 Å². The molecule has 2 amide bonds. The van der Waals surface area contributed by atoms with Crippen LogP contribution >= 0.6 is 0 Å². The maximum atomic E-state index is 13.0. The lowest BCUT2D eigenvalue weighted by molar-refractivity contribution is 0.212. The molecule has 4 rings (SSSR count). The molecule has 3 N–H and O–H groups in total. The fourth-order valence-electron chi connectivity index (χ4n) is 4.52. The largest absolute Gasteiger partial charge is 0.368 e. The lowest BCUT2D eigenvalue weighted by Crippen LogP contribution is -2.45. The molecular weight excluding hydrogens is 367 g/mol. The second kappa shape index (κ2) is 8.82. The number of anilines is 1. The average molecular weight is 397 g/mol. The lowest BCUT2D eigenvalue weighted by atomic mass is 10.0. The summed E-state index contributed by atoms with van der Waals surface area (Å²) in [5.74, 6) is -0.172. The van der Waals surface area contributed by atoms with Crippen LogP contribution < -0.4 is 16.0 Å². The molecule has 2 aromatic carbocycles. The van der Waals surface area contributed by atoms with Crippen LogP contribution in [0.1, 0.15) is 29.5 Å². The number of fused-ring (bicyclic) bond motifs is 1. The molecule has 0 aliphatic carbocycles. The predicted octanol–water partition coefficient (Wildman–Crippen LogP) is 3.06. The number of primary amides is 1. The monoisotopic (exact) mass is 396 g/mol. The number of nitrogens with one attached hydrogen (secondary N) is 1. The highest BCUT2D eigenvalue weighted by molar-refractivity contribution is 5.71. The Bertz CT molecular complexity index is 846. The van der Waals surface area contributed by atoms with Crippen molar-refractivity contribution in [2.24, 2.45) is 5.73 Å². The number of rotatable bonds is 6. The number of carbonyl (C=O) groups is 1. The first-order valence-electron chi connectivity index (χ1n) is 10.5. The topological polar surface area (TPSA) is 61.6 Å². The zero-order chi connectivity index (χ0) is 20.2. The Morgan fingerprint density at radius 3 is 2.52 bits per heavy atom. The molecule has 2 heterocycles. The van der Waals surface area contributed by atoms with Crippen molar-refractivity contribution in [3.8, 4) is 0 Å². The summed E-state index contributed by atoms with van der Waals surface area (Å²) in [6.07, 6.45) is 4.37. The first-order valence-corrected chi connectivity index (χ1v) is 10.5. The molecule has 29 heavy (non-hydrogen) atoms. The molecule has 0 atom stereocenters. The summed E-state index contributed by atoms with van der Waals surface area (Å²) in [4.78, 5) is 16.1. The van der Waals surface area contributed by atoms with E-state index in [2.05, 4.69) is 33.3 Å². The van der Waals surface area contributed by atoms with Gasteiger partial charge in [-0.05, 0) is 60.6 Å². The molecule has 6 heteroatoms. The number of nitrogens with zero attached hydrogens (tertiary/aromatic N) is 2. The van der Waals surface area contributed by atoms with Gasteiger partial charge in [-0.3, -0.25) is 0 Å². The van der Waals surface area contributed by atoms with Crippen molar-refractivity contribution in [1.29, 1.82) is 0 Å². The first kappa shape index (κ1) is 19.7. The summed E-state index contributed by atoms with van der Waals surface area (Å²) in [7, 11) is 0. The van der Waals surface area contributed by atoms with E-state index in [4.69, 9.17) is 5.73 Å². The van der Waals surface area contributed by atoms with Gasteiger partial charge in [0.15, 0.2) is 0 Å². The quantitative estimate of drug-likeness (QED) is 0.789. The van der Waals surface area contributed by atoms with E-state index in [0.29, 0.717) is 12.6 Å². The number of hydrogen-bond acceptors (Lipinski definition) is 3. The summed E-state index contributed by atoms with van der Waals surface area (Å²) >= 11 is 0. The molecule has 1 fully saturated rings. The maximum Gasteiger partial charge on any atom is 0.312 e. The summed E-state index contributed by atoms with van der Waals surface area (Å²) < 4.78 is 13.0. The van der Waals surface area contributed by atoms with E-state index < -0.39 is 6.03 Å². The minimum atomic E-state index is -0.490. The van der Waals surface area contributed by atoms with Gasteiger partial charge in [0.05, 0.1) is 0 Å². The summed E-state index contributed by atoms with van der Waals surface area (Å²) in [6, 6.07) is 13.4. The number of benzene rings is 2. The van der Waals surface area contributed by atoms with Crippen molar-refractivity contribution in [2.75, 3.05) is 31.1 Å². The minimum absolute atomic E-state index is 0.172. The third-order valence-corrected chi connectivity index (χ3v) is 6.18. The van der Waals surface area contributed by atoms with Gasteiger partial charge in [0.2, 0.25) is 0 Å². The van der Waals surface area contributed by atoms with Crippen LogP contribution in [-0.2, 0) is 19.4 Å². The number of carbonyl (C=O) groups excluding carboxylic acids is 1. The molecule has 154 valence electrons. The minimum Gasteiger partial charge on any atom is -0.368 e. The van der Waals surface area contributed by atoms with E-state index in [9.17, 15) is 9.18 Å². The third-order valence-electron chi connectivity index (χ3n) is 6.18. The van der Waals surface area contributed by atoms with Crippen LogP contribution in [0.3, 0.4) is 0 Å². The Morgan fingerprint density at radius 1 is 1.07 bits per heavy atom. The fourth-order valence-corrected chi connectivity index (χ4v) is 4.52. The summed E-state index contributed by atoms with van der Waals surface area (Å²) in [5.41, 5.74) is 10.2. The van der Waals surface area contributed by atoms with Crippen LogP contribution in [-0.4, -0.2) is 43.2 Å². The molecule has 5 nitrogen and oxygen atoms in total. The van der Waals surface area contributed by atoms with E-state index in [-0.39, 0.29) is 5.82 Å².